The summed E-state index contributed by atoms with van der Waals surface area (Å²) in [5, 5.41) is 1.17. The zero-order chi connectivity index (χ0) is 13.9. The number of nitrogens with two attached hydrogens (primary N) is 1. The molecule has 1 atom stereocenters. The summed E-state index contributed by atoms with van der Waals surface area (Å²) in [6.07, 6.45) is 2.04. The molecule has 0 amide bonds. The third kappa shape index (κ3) is 2.06. The van der Waals surface area contributed by atoms with E-state index in [1.165, 1.54) is 16.5 Å². The van der Waals surface area contributed by atoms with Gasteiger partial charge in [0.25, 0.3) is 0 Å². The molecule has 0 aliphatic heterocycles. The summed E-state index contributed by atoms with van der Waals surface area (Å²) in [7, 11) is 1.69. The van der Waals surface area contributed by atoms with E-state index < -0.39 is 0 Å². The Balaban J connectivity index is 2.14. The van der Waals surface area contributed by atoms with Crippen LogP contribution in [0, 0.1) is 0 Å². The van der Waals surface area contributed by atoms with Crippen molar-refractivity contribution in [2.45, 2.75) is 5.92 Å². The molecule has 1 heterocycles. The molecule has 3 heteroatoms. The Morgan fingerprint density at radius 2 is 1.90 bits per heavy atom. The quantitative estimate of drug-likeness (QED) is 0.761. The van der Waals surface area contributed by atoms with E-state index >= 15 is 0 Å². The molecule has 3 rings (SSSR count). The van der Waals surface area contributed by atoms with Gasteiger partial charge in [-0.25, -0.2) is 0 Å². The Morgan fingerprint density at radius 1 is 1.10 bits per heavy atom. The highest BCUT2D eigenvalue weighted by Crippen LogP contribution is 2.33. The van der Waals surface area contributed by atoms with Gasteiger partial charge in [-0.3, -0.25) is 0 Å². The number of hydrogen-bond acceptors (Lipinski definition) is 2. The van der Waals surface area contributed by atoms with Gasteiger partial charge in [-0.15, -0.1) is 0 Å². The highest BCUT2D eigenvalue weighted by atomic mass is 16.5. The molecular weight excluding hydrogens is 248 g/mol. The van der Waals surface area contributed by atoms with Gasteiger partial charge in [0.1, 0.15) is 5.75 Å². The van der Waals surface area contributed by atoms with Gasteiger partial charge < -0.3 is 15.5 Å². The lowest BCUT2D eigenvalue weighted by Gasteiger charge is -2.14. The van der Waals surface area contributed by atoms with Gasteiger partial charge in [-0.2, -0.15) is 0 Å². The first-order chi connectivity index (χ1) is 9.85. The van der Waals surface area contributed by atoms with Gasteiger partial charge in [0, 0.05) is 24.0 Å². The van der Waals surface area contributed by atoms with Crippen LogP contribution >= 0.6 is 0 Å². The molecular formula is C17H18N2O. The van der Waals surface area contributed by atoms with E-state index in [4.69, 9.17) is 10.5 Å². The van der Waals surface area contributed by atoms with Crippen LogP contribution in [0.4, 0.5) is 0 Å². The number of rotatable bonds is 4. The predicted octanol–water partition coefficient (Wildman–Crippen LogP) is 3.27. The summed E-state index contributed by atoms with van der Waals surface area (Å²) in [4.78, 5) is 3.31. The van der Waals surface area contributed by atoms with Crippen molar-refractivity contribution in [1.82, 2.24) is 4.98 Å². The molecule has 0 bridgehead atoms. The van der Waals surface area contributed by atoms with Gasteiger partial charge >= 0.3 is 0 Å². The topological polar surface area (TPSA) is 51.0 Å². The summed E-state index contributed by atoms with van der Waals surface area (Å²) >= 11 is 0. The lowest BCUT2D eigenvalue weighted by atomic mass is 9.91. The molecule has 20 heavy (non-hydrogen) atoms. The Bertz CT molecular complexity index is 703. The zero-order valence-corrected chi connectivity index (χ0v) is 11.5. The molecule has 3 N–H and O–H groups in total. The summed E-state index contributed by atoms with van der Waals surface area (Å²) in [5.74, 6) is 1.05. The van der Waals surface area contributed by atoms with Crippen molar-refractivity contribution in [1.29, 1.82) is 0 Å². The van der Waals surface area contributed by atoms with E-state index in [0.717, 1.165) is 11.3 Å². The van der Waals surface area contributed by atoms with Crippen molar-refractivity contribution < 1.29 is 4.74 Å². The Kier molecular flexibility index (Phi) is 3.44. The van der Waals surface area contributed by atoms with Crippen LogP contribution in [0.25, 0.3) is 10.9 Å². The maximum Gasteiger partial charge on any atom is 0.142 e. The fourth-order valence-electron chi connectivity index (χ4n) is 2.73. The second kappa shape index (κ2) is 5.39. The SMILES string of the molecule is COc1cccc2c(C(CN)c3ccccc3)c[nH]c12. The van der Waals surface area contributed by atoms with E-state index in [1.807, 2.05) is 36.5 Å². The Morgan fingerprint density at radius 3 is 2.60 bits per heavy atom. The smallest absolute Gasteiger partial charge is 0.142 e. The maximum absolute atomic E-state index is 6.01. The van der Waals surface area contributed by atoms with Crippen LogP contribution in [0.15, 0.2) is 54.7 Å². The van der Waals surface area contributed by atoms with Crippen molar-refractivity contribution in [3.05, 3.63) is 65.9 Å². The van der Waals surface area contributed by atoms with Crippen molar-refractivity contribution in [2.75, 3.05) is 13.7 Å². The molecule has 3 nitrogen and oxygen atoms in total. The summed E-state index contributed by atoms with van der Waals surface area (Å²) < 4.78 is 5.40. The summed E-state index contributed by atoms with van der Waals surface area (Å²) in [5.41, 5.74) is 9.49. The number of fused-ring (bicyclic) bond motifs is 1. The molecule has 3 aromatic rings. The molecule has 0 saturated carbocycles. The summed E-state index contributed by atoms with van der Waals surface area (Å²) in [6, 6.07) is 16.4. The van der Waals surface area contributed by atoms with E-state index in [-0.39, 0.29) is 5.92 Å². The molecule has 1 unspecified atom stereocenters. The van der Waals surface area contributed by atoms with Gasteiger partial charge in [-0.1, -0.05) is 42.5 Å². The third-order valence-electron chi connectivity index (χ3n) is 3.74. The Labute approximate surface area is 118 Å². The first-order valence-corrected chi connectivity index (χ1v) is 6.74. The number of ether oxygens (including phenoxy) is 1. The second-order valence-electron chi connectivity index (χ2n) is 4.83. The number of aromatic amines is 1. The molecule has 0 spiro atoms. The molecule has 0 fully saturated rings. The fourth-order valence-corrected chi connectivity index (χ4v) is 2.73. The normalized spacial score (nSPS) is 12.5. The van der Waals surface area contributed by atoms with E-state index in [0.29, 0.717) is 6.54 Å². The van der Waals surface area contributed by atoms with Crippen LogP contribution in [0.1, 0.15) is 17.0 Å². The molecule has 0 aliphatic carbocycles. The van der Waals surface area contributed by atoms with Crippen molar-refractivity contribution in [2.24, 2.45) is 5.73 Å². The van der Waals surface area contributed by atoms with Gasteiger partial charge in [0.05, 0.1) is 12.6 Å². The standard InChI is InChI=1S/C17H18N2O/c1-20-16-9-5-8-13-15(11-19-17(13)16)14(10-18)12-6-3-2-4-7-12/h2-9,11,14,19H,10,18H2,1H3. The number of para-hydroxylation sites is 1. The molecule has 2 aromatic carbocycles. The van der Waals surface area contributed by atoms with E-state index in [1.54, 1.807) is 7.11 Å². The minimum absolute atomic E-state index is 0.192. The minimum Gasteiger partial charge on any atom is -0.495 e. The highest BCUT2D eigenvalue weighted by Gasteiger charge is 2.17. The molecule has 1 aromatic heterocycles. The van der Waals surface area contributed by atoms with Crippen molar-refractivity contribution in [3.8, 4) is 5.75 Å². The van der Waals surface area contributed by atoms with Crippen LogP contribution in [0.5, 0.6) is 5.75 Å². The maximum atomic E-state index is 6.01. The van der Waals surface area contributed by atoms with Crippen LogP contribution in [0.2, 0.25) is 0 Å². The molecule has 102 valence electrons. The number of methoxy groups -OCH3 is 1. The second-order valence-corrected chi connectivity index (χ2v) is 4.83. The van der Waals surface area contributed by atoms with Crippen molar-refractivity contribution >= 4 is 10.9 Å². The van der Waals surface area contributed by atoms with E-state index in [2.05, 4.69) is 23.2 Å². The largest absolute Gasteiger partial charge is 0.495 e. The van der Waals surface area contributed by atoms with Crippen molar-refractivity contribution in [3.63, 3.8) is 0 Å². The number of hydrogen-bond donors (Lipinski definition) is 2. The summed E-state index contributed by atoms with van der Waals surface area (Å²) in [6.45, 7) is 0.578. The third-order valence-corrected chi connectivity index (χ3v) is 3.74. The number of aromatic nitrogens is 1. The highest BCUT2D eigenvalue weighted by molar-refractivity contribution is 5.89. The number of nitrogens with one attached hydrogen (secondary N) is 1. The number of H-pyrrole nitrogens is 1. The van der Waals surface area contributed by atoms with Gasteiger partial charge in [0.15, 0.2) is 0 Å². The minimum atomic E-state index is 0.192. The van der Waals surface area contributed by atoms with Gasteiger partial charge in [0.2, 0.25) is 0 Å². The van der Waals surface area contributed by atoms with Crippen LogP contribution in [-0.4, -0.2) is 18.6 Å². The number of benzene rings is 2. The lowest BCUT2D eigenvalue weighted by molar-refractivity contribution is 0.419. The Hall–Kier alpha value is -2.26. The first kappa shape index (κ1) is 12.8. The van der Waals surface area contributed by atoms with Crippen LogP contribution in [-0.2, 0) is 0 Å². The van der Waals surface area contributed by atoms with E-state index in [9.17, 15) is 0 Å². The fraction of sp³-hybridized carbons (Fsp3) is 0.176. The molecule has 0 radical (unpaired) electrons. The lowest BCUT2D eigenvalue weighted by Crippen LogP contribution is -2.13. The molecule has 0 saturated heterocycles. The average Bonchev–Trinajstić information content (AvgIpc) is 2.93. The van der Waals surface area contributed by atoms with Gasteiger partial charge in [-0.05, 0) is 17.2 Å². The average molecular weight is 266 g/mol. The van der Waals surface area contributed by atoms with Crippen LogP contribution in [0.3, 0.4) is 0 Å². The zero-order valence-electron chi connectivity index (χ0n) is 11.5. The van der Waals surface area contributed by atoms with Crippen LogP contribution < -0.4 is 10.5 Å². The monoisotopic (exact) mass is 266 g/mol. The predicted molar refractivity (Wildman–Crippen MR) is 82.2 cm³/mol. The molecule has 0 aliphatic rings. The first-order valence-electron chi connectivity index (χ1n) is 6.74.